The molecular formula is C17H17ClN2O2. The molecule has 2 rings (SSSR count). The Kier molecular flexibility index (Phi) is 5.44. The van der Waals surface area contributed by atoms with Gasteiger partial charge in [-0.15, -0.1) is 0 Å². The van der Waals surface area contributed by atoms with Gasteiger partial charge in [0.2, 0.25) is 0 Å². The third-order valence-electron chi connectivity index (χ3n) is 3.02. The Morgan fingerprint density at radius 1 is 1.23 bits per heavy atom. The van der Waals surface area contributed by atoms with Crippen LogP contribution in [-0.2, 0) is 0 Å². The van der Waals surface area contributed by atoms with Gasteiger partial charge in [-0.2, -0.15) is 0 Å². The molecule has 0 radical (unpaired) electrons. The van der Waals surface area contributed by atoms with Crippen LogP contribution in [0.25, 0.3) is 6.08 Å². The van der Waals surface area contributed by atoms with Crippen molar-refractivity contribution in [2.24, 2.45) is 0 Å². The SMILES string of the molecule is COc1cc(Cl)c(C)cc1NC(=O)N/C=C/c1ccccc1. The van der Waals surface area contributed by atoms with Crippen LogP contribution in [0.1, 0.15) is 11.1 Å². The molecule has 0 saturated heterocycles. The zero-order valence-electron chi connectivity index (χ0n) is 12.4. The fourth-order valence-electron chi connectivity index (χ4n) is 1.87. The molecule has 2 aromatic carbocycles. The molecule has 0 aliphatic rings. The van der Waals surface area contributed by atoms with Crippen molar-refractivity contribution in [3.8, 4) is 5.75 Å². The third kappa shape index (κ3) is 4.27. The summed E-state index contributed by atoms with van der Waals surface area (Å²) in [5.41, 5.74) is 2.43. The Morgan fingerprint density at radius 3 is 2.64 bits per heavy atom. The molecule has 5 heteroatoms. The highest BCUT2D eigenvalue weighted by Crippen LogP contribution is 2.30. The topological polar surface area (TPSA) is 50.4 Å². The first-order valence-electron chi connectivity index (χ1n) is 6.73. The molecule has 0 aliphatic heterocycles. The van der Waals surface area contributed by atoms with Crippen molar-refractivity contribution in [3.05, 3.63) is 64.8 Å². The van der Waals surface area contributed by atoms with Crippen molar-refractivity contribution in [3.63, 3.8) is 0 Å². The Morgan fingerprint density at radius 2 is 1.95 bits per heavy atom. The van der Waals surface area contributed by atoms with E-state index in [4.69, 9.17) is 16.3 Å². The van der Waals surface area contributed by atoms with Gasteiger partial charge in [0.25, 0.3) is 0 Å². The number of amides is 2. The molecule has 0 unspecified atom stereocenters. The van der Waals surface area contributed by atoms with Crippen LogP contribution in [-0.4, -0.2) is 13.1 Å². The van der Waals surface area contributed by atoms with Crippen molar-refractivity contribution < 1.29 is 9.53 Å². The van der Waals surface area contributed by atoms with Crippen molar-refractivity contribution in [1.29, 1.82) is 0 Å². The predicted octanol–water partition coefficient (Wildman–Crippen LogP) is 4.45. The molecule has 0 heterocycles. The highest BCUT2D eigenvalue weighted by atomic mass is 35.5. The smallest absolute Gasteiger partial charge is 0.323 e. The summed E-state index contributed by atoms with van der Waals surface area (Å²) in [5.74, 6) is 0.512. The number of halogens is 1. The molecule has 0 atom stereocenters. The highest BCUT2D eigenvalue weighted by molar-refractivity contribution is 6.31. The van der Waals surface area contributed by atoms with Crippen LogP contribution < -0.4 is 15.4 Å². The molecule has 2 amide bonds. The molecule has 0 fully saturated rings. The van der Waals surface area contributed by atoms with Crippen LogP contribution in [0.2, 0.25) is 5.02 Å². The molecule has 2 N–H and O–H groups in total. The normalized spacial score (nSPS) is 10.5. The second-order valence-electron chi connectivity index (χ2n) is 4.64. The standard InChI is InChI=1S/C17H17ClN2O2/c1-12-10-15(16(22-2)11-14(12)18)20-17(21)19-9-8-13-6-4-3-5-7-13/h3-11H,1-2H3,(H2,19,20,21)/b9-8+. The summed E-state index contributed by atoms with van der Waals surface area (Å²) in [7, 11) is 1.53. The Bertz CT molecular complexity index is 685. The van der Waals surface area contributed by atoms with Gasteiger partial charge >= 0.3 is 6.03 Å². The summed E-state index contributed by atoms with van der Waals surface area (Å²) in [5, 5.41) is 5.97. The van der Waals surface area contributed by atoms with Gasteiger partial charge in [0, 0.05) is 17.3 Å². The second kappa shape index (κ2) is 7.52. The average molecular weight is 317 g/mol. The van der Waals surface area contributed by atoms with Crippen molar-refractivity contribution in [2.75, 3.05) is 12.4 Å². The van der Waals surface area contributed by atoms with Crippen molar-refractivity contribution in [1.82, 2.24) is 5.32 Å². The minimum absolute atomic E-state index is 0.354. The Labute approximate surface area is 134 Å². The van der Waals surface area contributed by atoms with E-state index in [9.17, 15) is 4.79 Å². The zero-order chi connectivity index (χ0) is 15.9. The van der Waals surface area contributed by atoms with E-state index in [0.29, 0.717) is 16.5 Å². The number of hydrogen-bond acceptors (Lipinski definition) is 2. The van der Waals surface area contributed by atoms with Crippen LogP contribution in [0.4, 0.5) is 10.5 Å². The molecule has 0 aliphatic carbocycles. The summed E-state index contributed by atoms with van der Waals surface area (Å²) in [6.07, 6.45) is 3.39. The quantitative estimate of drug-likeness (QED) is 0.875. The van der Waals surface area contributed by atoms with Crippen LogP contribution in [0.5, 0.6) is 5.75 Å². The number of carbonyl (C=O) groups is 1. The Balaban J connectivity index is 2.00. The van der Waals surface area contributed by atoms with Gasteiger partial charge in [0.1, 0.15) is 5.75 Å². The van der Waals surface area contributed by atoms with Gasteiger partial charge in [-0.05, 0) is 30.2 Å². The summed E-state index contributed by atoms with van der Waals surface area (Å²) in [4.78, 5) is 11.9. The van der Waals surface area contributed by atoms with Crippen LogP contribution in [0, 0.1) is 6.92 Å². The molecule has 0 bridgehead atoms. The number of aryl methyl sites for hydroxylation is 1. The number of carbonyl (C=O) groups excluding carboxylic acids is 1. The van der Waals surface area contributed by atoms with Crippen LogP contribution in [0.3, 0.4) is 0 Å². The molecule has 2 aromatic rings. The monoisotopic (exact) mass is 316 g/mol. The van der Waals surface area contributed by atoms with E-state index in [2.05, 4.69) is 10.6 Å². The summed E-state index contributed by atoms with van der Waals surface area (Å²) in [6, 6.07) is 12.8. The van der Waals surface area contributed by atoms with Crippen molar-refractivity contribution >= 4 is 29.4 Å². The number of benzene rings is 2. The van der Waals surface area contributed by atoms with E-state index in [1.54, 1.807) is 18.3 Å². The molecule has 0 aromatic heterocycles. The van der Waals surface area contributed by atoms with E-state index >= 15 is 0 Å². The minimum atomic E-state index is -0.354. The fraction of sp³-hybridized carbons (Fsp3) is 0.118. The van der Waals surface area contributed by atoms with Gasteiger partial charge in [-0.3, -0.25) is 0 Å². The number of rotatable bonds is 4. The number of urea groups is 1. The lowest BCUT2D eigenvalue weighted by atomic mass is 10.2. The van der Waals surface area contributed by atoms with Crippen LogP contribution >= 0.6 is 11.6 Å². The molecule has 22 heavy (non-hydrogen) atoms. The largest absolute Gasteiger partial charge is 0.495 e. The first-order chi connectivity index (χ1) is 10.6. The lowest BCUT2D eigenvalue weighted by Gasteiger charge is -2.12. The van der Waals surface area contributed by atoms with Gasteiger partial charge in [0.15, 0.2) is 0 Å². The molecule has 4 nitrogen and oxygen atoms in total. The van der Waals surface area contributed by atoms with Gasteiger partial charge in [-0.1, -0.05) is 41.9 Å². The van der Waals surface area contributed by atoms with Crippen molar-refractivity contribution in [2.45, 2.75) is 6.92 Å². The summed E-state index contributed by atoms with van der Waals surface area (Å²) in [6.45, 7) is 1.86. The summed E-state index contributed by atoms with van der Waals surface area (Å²) < 4.78 is 5.21. The molecule has 114 valence electrons. The Hall–Kier alpha value is -2.46. The maximum absolute atomic E-state index is 11.9. The third-order valence-corrected chi connectivity index (χ3v) is 3.43. The van der Waals surface area contributed by atoms with Gasteiger partial charge in [0.05, 0.1) is 12.8 Å². The number of ether oxygens (including phenoxy) is 1. The predicted molar refractivity (Wildman–Crippen MR) is 90.4 cm³/mol. The first kappa shape index (κ1) is 15.9. The number of hydrogen-bond donors (Lipinski definition) is 2. The maximum atomic E-state index is 11.9. The van der Waals surface area contributed by atoms with Crippen LogP contribution in [0.15, 0.2) is 48.7 Å². The zero-order valence-corrected chi connectivity index (χ0v) is 13.1. The fourth-order valence-corrected chi connectivity index (χ4v) is 2.02. The average Bonchev–Trinajstić information content (AvgIpc) is 2.51. The molecule has 0 spiro atoms. The van der Waals surface area contributed by atoms with E-state index in [1.165, 1.54) is 7.11 Å². The van der Waals surface area contributed by atoms with E-state index in [0.717, 1.165) is 11.1 Å². The van der Waals surface area contributed by atoms with E-state index in [-0.39, 0.29) is 6.03 Å². The summed E-state index contributed by atoms with van der Waals surface area (Å²) >= 11 is 6.03. The van der Waals surface area contributed by atoms with Gasteiger partial charge in [-0.25, -0.2) is 4.79 Å². The number of anilines is 1. The lowest BCUT2D eigenvalue weighted by molar-refractivity contribution is 0.255. The molecule has 0 saturated carbocycles. The van der Waals surface area contributed by atoms with E-state index < -0.39 is 0 Å². The number of nitrogens with one attached hydrogen (secondary N) is 2. The minimum Gasteiger partial charge on any atom is -0.495 e. The second-order valence-corrected chi connectivity index (χ2v) is 5.05. The maximum Gasteiger partial charge on any atom is 0.323 e. The first-order valence-corrected chi connectivity index (χ1v) is 7.11. The lowest BCUT2D eigenvalue weighted by Crippen LogP contribution is -2.24. The highest BCUT2D eigenvalue weighted by Gasteiger charge is 2.09. The van der Waals surface area contributed by atoms with E-state index in [1.807, 2.05) is 43.3 Å². The van der Waals surface area contributed by atoms with Gasteiger partial charge < -0.3 is 15.4 Å². The number of methoxy groups -OCH3 is 1. The molecular weight excluding hydrogens is 300 g/mol.